The molecule has 1 fully saturated rings. The van der Waals surface area contributed by atoms with Gasteiger partial charge in [-0.15, -0.1) is 11.3 Å². The molecular formula is C20H19N5OS. The number of aromatic nitrogens is 3. The highest BCUT2D eigenvalue weighted by Crippen LogP contribution is 2.28. The number of hydrogen-bond donors (Lipinski definition) is 1. The molecule has 1 N–H and O–H groups in total. The zero-order valence-electron chi connectivity index (χ0n) is 14.7. The molecule has 0 unspecified atom stereocenters. The molecule has 3 aromatic heterocycles. The fourth-order valence-electron chi connectivity index (χ4n) is 3.27. The molecule has 5 rings (SSSR count). The predicted octanol–water partition coefficient (Wildman–Crippen LogP) is 4.04. The van der Waals surface area contributed by atoms with Crippen molar-refractivity contribution in [2.75, 3.05) is 36.5 Å². The van der Waals surface area contributed by atoms with Crippen molar-refractivity contribution >= 4 is 34.2 Å². The fraction of sp³-hybridized carbons (Fsp3) is 0.200. The van der Waals surface area contributed by atoms with E-state index < -0.39 is 0 Å². The number of nitrogens with zero attached hydrogens (tertiary/aromatic N) is 4. The van der Waals surface area contributed by atoms with E-state index in [9.17, 15) is 0 Å². The van der Waals surface area contributed by atoms with E-state index in [-0.39, 0.29) is 0 Å². The summed E-state index contributed by atoms with van der Waals surface area (Å²) in [6, 6.07) is 14.5. The van der Waals surface area contributed by atoms with E-state index in [4.69, 9.17) is 9.72 Å². The summed E-state index contributed by atoms with van der Waals surface area (Å²) in [4.78, 5) is 8.28. The van der Waals surface area contributed by atoms with Crippen LogP contribution in [0.1, 0.15) is 0 Å². The predicted molar refractivity (Wildman–Crippen MR) is 109 cm³/mol. The van der Waals surface area contributed by atoms with Crippen LogP contribution in [0.4, 0.5) is 17.2 Å². The summed E-state index contributed by atoms with van der Waals surface area (Å²) in [5.74, 6) is 0.805. The van der Waals surface area contributed by atoms with Gasteiger partial charge >= 0.3 is 0 Å². The van der Waals surface area contributed by atoms with E-state index in [2.05, 4.69) is 51.0 Å². The van der Waals surface area contributed by atoms with Gasteiger partial charge in [0.05, 0.1) is 25.0 Å². The maximum Gasteiger partial charge on any atom is 0.165 e. The van der Waals surface area contributed by atoms with Crippen molar-refractivity contribution in [1.82, 2.24) is 14.6 Å². The molecule has 0 saturated carbocycles. The van der Waals surface area contributed by atoms with Crippen molar-refractivity contribution < 1.29 is 4.74 Å². The van der Waals surface area contributed by atoms with Gasteiger partial charge in [-0.25, -0.2) is 9.50 Å². The van der Waals surface area contributed by atoms with Gasteiger partial charge in [0, 0.05) is 35.5 Å². The molecule has 27 heavy (non-hydrogen) atoms. The van der Waals surface area contributed by atoms with Crippen LogP contribution in [0.3, 0.4) is 0 Å². The Morgan fingerprint density at radius 1 is 1.04 bits per heavy atom. The minimum atomic E-state index is 0.794. The number of nitrogens with one attached hydrogen (secondary N) is 1. The Morgan fingerprint density at radius 3 is 2.67 bits per heavy atom. The fourth-order valence-corrected chi connectivity index (χ4v) is 4.00. The van der Waals surface area contributed by atoms with Crippen molar-refractivity contribution in [1.29, 1.82) is 0 Å². The van der Waals surface area contributed by atoms with E-state index in [1.807, 2.05) is 29.0 Å². The van der Waals surface area contributed by atoms with Gasteiger partial charge in [0.1, 0.15) is 5.82 Å². The highest BCUT2D eigenvalue weighted by atomic mass is 32.1. The van der Waals surface area contributed by atoms with Crippen molar-refractivity contribution in [3.05, 3.63) is 60.2 Å². The maximum absolute atomic E-state index is 5.42. The molecular weight excluding hydrogens is 358 g/mol. The normalized spacial score (nSPS) is 14.6. The first-order valence-electron chi connectivity index (χ1n) is 8.95. The van der Waals surface area contributed by atoms with Crippen LogP contribution in [0.2, 0.25) is 0 Å². The van der Waals surface area contributed by atoms with Crippen LogP contribution in [-0.4, -0.2) is 40.9 Å². The van der Waals surface area contributed by atoms with Gasteiger partial charge in [-0.05, 0) is 41.8 Å². The van der Waals surface area contributed by atoms with Crippen molar-refractivity contribution in [3.63, 3.8) is 0 Å². The van der Waals surface area contributed by atoms with Crippen LogP contribution in [0, 0.1) is 0 Å². The Morgan fingerprint density at radius 2 is 1.89 bits per heavy atom. The third kappa shape index (κ3) is 3.27. The SMILES string of the molecule is c1csc(-c2cnn3ccc(Nc4ccc(N5CCOCC5)cc4)nc23)c1. The Bertz CT molecular complexity index is 1040. The van der Waals surface area contributed by atoms with Gasteiger partial charge < -0.3 is 15.0 Å². The summed E-state index contributed by atoms with van der Waals surface area (Å²) in [6.45, 7) is 3.47. The Kier molecular flexibility index (Phi) is 4.23. The minimum absolute atomic E-state index is 0.794. The number of anilines is 3. The topological polar surface area (TPSA) is 54.7 Å². The third-order valence-corrected chi connectivity index (χ3v) is 5.57. The van der Waals surface area contributed by atoms with Gasteiger partial charge in [-0.3, -0.25) is 0 Å². The second-order valence-corrected chi connectivity index (χ2v) is 7.34. The monoisotopic (exact) mass is 377 g/mol. The maximum atomic E-state index is 5.42. The van der Waals surface area contributed by atoms with Crippen LogP contribution in [0.15, 0.2) is 60.2 Å². The van der Waals surface area contributed by atoms with Gasteiger partial charge in [-0.2, -0.15) is 5.10 Å². The molecule has 4 heterocycles. The van der Waals surface area contributed by atoms with Gasteiger partial charge in [0.15, 0.2) is 5.65 Å². The number of benzene rings is 1. The summed E-state index contributed by atoms with van der Waals surface area (Å²) >= 11 is 1.69. The summed E-state index contributed by atoms with van der Waals surface area (Å²) in [7, 11) is 0. The Hall–Kier alpha value is -2.90. The number of morpholine rings is 1. The average Bonchev–Trinajstić information content (AvgIpc) is 3.38. The van der Waals surface area contributed by atoms with E-state index in [1.54, 1.807) is 11.3 Å². The molecule has 1 saturated heterocycles. The number of hydrogen-bond acceptors (Lipinski definition) is 6. The molecule has 1 aliphatic rings. The highest BCUT2D eigenvalue weighted by molar-refractivity contribution is 7.13. The average molecular weight is 377 g/mol. The molecule has 0 radical (unpaired) electrons. The molecule has 136 valence electrons. The minimum Gasteiger partial charge on any atom is -0.378 e. The van der Waals surface area contributed by atoms with E-state index in [1.165, 1.54) is 10.6 Å². The lowest BCUT2D eigenvalue weighted by Gasteiger charge is -2.28. The van der Waals surface area contributed by atoms with E-state index in [0.29, 0.717) is 0 Å². The molecule has 0 atom stereocenters. The van der Waals surface area contributed by atoms with Crippen molar-refractivity contribution in [3.8, 4) is 10.4 Å². The number of ether oxygens (including phenoxy) is 1. The molecule has 1 aromatic carbocycles. The molecule has 0 amide bonds. The summed E-state index contributed by atoms with van der Waals surface area (Å²) in [5.41, 5.74) is 4.15. The molecule has 0 bridgehead atoms. The molecule has 0 aliphatic carbocycles. The largest absolute Gasteiger partial charge is 0.378 e. The summed E-state index contributed by atoms with van der Waals surface area (Å²) in [5, 5.41) is 9.87. The zero-order chi connectivity index (χ0) is 18.1. The standard InChI is InChI=1S/C20H19N5OS/c1-2-18(27-13-1)17-14-21-25-8-7-19(23-20(17)25)22-15-3-5-16(6-4-15)24-9-11-26-12-10-24/h1-8,13-14H,9-12H2,(H,22,23). The lowest BCUT2D eigenvalue weighted by molar-refractivity contribution is 0.122. The van der Waals surface area contributed by atoms with Gasteiger partial charge in [0.25, 0.3) is 0 Å². The third-order valence-electron chi connectivity index (χ3n) is 4.67. The first-order valence-corrected chi connectivity index (χ1v) is 9.83. The Balaban J connectivity index is 1.38. The van der Waals surface area contributed by atoms with Crippen molar-refractivity contribution in [2.24, 2.45) is 0 Å². The molecule has 4 aromatic rings. The van der Waals surface area contributed by atoms with Crippen LogP contribution in [0.5, 0.6) is 0 Å². The van der Waals surface area contributed by atoms with Gasteiger partial charge in [0.2, 0.25) is 0 Å². The van der Waals surface area contributed by atoms with Crippen LogP contribution in [0.25, 0.3) is 16.1 Å². The second-order valence-electron chi connectivity index (χ2n) is 6.39. The smallest absolute Gasteiger partial charge is 0.165 e. The zero-order valence-corrected chi connectivity index (χ0v) is 15.5. The lowest BCUT2D eigenvalue weighted by atomic mass is 10.2. The molecule has 7 heteroatoms. The van der Waals surface area contributed by atoms with Crippen molar-refractivity contribution in [2.45, 2.75) is 0 Å². The van der Waals surface area contributed by atoms with Gasteiger partial charge in [-0.1, -0.05) is 6.07 Å². The van der Waals surface area contributed by atoms with Crippen LogP contribution < -0.4 is 10.2 Å². The van der Waals surface area contributed by atoms with E-state index in [0.717, 1.165) is 49.0 Å². The second kappa shape index (κ2) is 7.02. The highest BCUT2D eigenvalue weighted by Gasteiger charge is 2.12. The quantitative estimate of drug-likeness (QED) is 0.582. The molecule has 0 spiro atoms. The van der Waals surface area contributed by atoms with E-state index >= 15 is 0 Å². The Labute approximate surface area is 161 Å². The first kappa shape index (κ1) is 16.3. The lowest BCUT2D eigenvalue weighted by Crippen LogP contribution is -2.36. The van der Waals surface area contributed by atoms with Crippen LogP contribution >= 0.6 is 11.3 Å². The summed E-state index contributed by atoms with van der Waals surface area (Å²) in [6.07, 6.45) is 3.80. The number of fused-ring (bicyclic) bond motifs is 1. The summed E-state index contributed by atoms with van der Waals surface area (Å²) < 4.78 is 7.23. The first-order chi connectivity index (χ1) is 13.4. The molecule has 6 nitrogen and oxygen atoms in total. The molecule has 1 aliphatic heterocycles. The number of thiophene rings is 1. The number of rotatable bonds is 4. The van der Waals surface area contributed by atoms with Crippen LogP contribution in [-0.2, 0) is 4.74 Å².